The molecule has 1 atom stereocenters. The average Bonchev–Trinajstić information content (AvgIpc) is 3.16. The summed E-state index contributed by atoms with van der Waals surface area (Å²) in [4.78, 5) is 31.8. The molecule has 0 bridgehead atoms. The predicted octanol–water partition coefficient (Wildman–Crippen LogP) is 4.45. The van der Waals surface area contributed by atoms with Crippen molar-refractivity contribution in [3.63, 3.8) is 0 Å². The van der Waals surface area contributed by atoms with E-state index in [1.807, 2.05) is 55.6 Å². The number of aromatic nitrogens is 4. The topological polar surface area (TPSA) is 81.3 Å². The van der Waals surface area contributed by atoms with E-state index in [-0.39, 0.29) is 23.4 Å². The zero-order chi connectivity index (χ0) is 24.0. The van der Waals surface area contributed by atoms with Gasteiger partial charge in [-0.2, -0.15) is 0 Å². The lowest BCUT2D eigenvalue weighted by molar-refractivity contribution is -0.116. The molecule has 0 spiro atoms. The fourth-order valence-corrected chi connectivity index (χ4v) is 5.33. The van der Waals surface area contributed by atoms with Gasteiger partial charge in [0.05, 0.1) is 11.3 Å². The second kappa shape index (κ2) is 8.43. The smallest absolute Gasteiger partial charge is 0.265 e. The molecule has 1 aliphatic rings. The van der Waals surface area contributed by atoms with E-state index < -0.39 is 0 Å². The molecule has 0 fully saturated rings. The third-order valence-corrected chi connectivity index (χ3v) is 7.34. The first-order valence-electron chi connectivity index (χ1n) is 11.4. The van der Waals surface area contributed by atoms with Crippen molar-refractivity contribution in [1.82, 2.24) is 19.2 Å². The number of amides is 1. The lowest BCUT2D eigenvalue weighted by Gasteiger charge is -2.35. The SMILES string of the molecule is CCC1(C)Cc2ccccc2-c2nc3n(CC(=O)Nc4cccc(C)c4)nc(SC)n3c(=O)c21. The van der Waals surface area contributed by atoms with Gasteiger partial charge in [0, 0.05) is 16.7 Å². The van der Waals surface area contributed by atoms with Gasteiger partial charge in [-0.25, -0.2) is 14.1 Å². The molecular weight excluding hydrogens is 446 g/mol. The van der Waals surface area contributed by atoms with Crippen LogP contribution in [0.5, 0.6) is 0 Å². The van der Waals surface area contributed by atoms with Crippen molar-refractivity contribution < 1.29 is 4.79 Å². The van der Waals surface area contributed by atoms with Gasteiger partial charge in [-0.15, -0.1) is 5.10 Å². The summed E-state index contributed by atoms with van der Waals surface area (Å²) in [6.07, 6.45) is 3.48. The van der Waals surface area contributed by atoms with Crippen LogP contribution in [-0.2, 0) is 23.2 Å². The van der Waals surface area contributed by atoms with Crippen LogP contribution in [0.4, 0.5) is 5.69 Å². The van der Waals surface area contributed by atoms with E-state index in [0.29, 0.717) is 16.6 Å². The zero-order valence-corrected chi connectivity index (χ0v) is 20.6. The molecule has 0 aliphatic heterocycles. The van der Waals surface area contributed by atoms with E-state index in [1.165, 1.54) is 22.0 Å². The molecule has 5 rings (SSSR count). The number of fused-ring (bicyclic) bond motifs is 4. The number of anilines is 1. The summed E-state index contributed by atoms with van der Waals surface area (Å²) in [6, 6.07) is 15.8. The Balaban J connectivity index is 1.66. The van der Waals surface area contributed by atoms with E-state index in [4.69, 9.17) is 4.98 Å². The molecule has 34 heavy (non-hydrogen) atoms. The number of carbonyl (C=O) groups is 1. The number of carbonyl (C=O) groups excluding carboxylic acids is 1. The van der Waals surface area contributed by atoms with Gasteiger partial charge in [0.2, 0.25) is 11.7 Å². The fraction of sp³-hybridized carbons (Fsp3) is 0.308. The predicted molar refractivity (Wildman–Crippen MR) is 136 cm³/mol. The molecule has 7 nitrogen and oxygen atoms in total. The minimum absolute atomic E-state index is 0.0457. The van der Waals surface area contributed by atoms with Gasteiger partial charge >= 0.3 is 0 Å². The van der Waals surface area contributed by atoms with Gasteiger partial charge in [-0.05, 0) is 49.3 Å². The number of hydrogen-bond acceptors (Lipinski definition) is 5. The summed E-state index contributed by atoms with van der Waals surface area (Å²) in [5.74, 6) is 0.150. The van der Waals surface area contributed by atoms with Crippen molar-refractivity contribution in [3.8, 4) is 11.3 Å². The molecule has 0 saturated heterocycles. The molecule has 4 aromatic rings. The van der Waals surface area contributed by atoms with Crippen LogP contribution in [0.3, 0.4) is 0 Å². The standard InChI is InChI=1S/C26H27N5O2S/c1-5-26(3)14-17-10-6-7-12-19(17)22-21(26)23(33)31-24(28-22)30(29-25(31)34-4)15-20(32)27-18-11-8-9-16(2)13-18/h6-13H,5,14-15H2,1-4H3,(H,27,32). The molecule has 2 aromatic carbocycles. The quantitative estimate of drug-likeness (QED) is 0.433. The Labute approximate surface area is 202 Å². The van der Waals surface area contributed by atoms with Crippen molar-refractivity contribution in [2.45, 2.75) is 50.7 Å². The number of nitrogens with one attached hydrogen (secondary N) is 1. The van der Waals surface area contributed by atoms with Crippen molar-refractivity contribution in [2.24, 2.45) is 0 Å². The van der Waals surface area contributed by atoms with Crippen LogP contribution in [0.1, 0.15) is 37.0 Å². The summed E-state index contributed by atoms with van der Waals surface area (Å²) in [7, 11) is 0. The van der Waals surface area contributed by atoms with Crippen molar-refractivity contribution >= 4 is 29.1 Å². The first-order valence-corrected chi connectivity index (χ1v) is 12.6. The summed E-state index contributed by atoms with van der Waals surface area (Å²) in [6.45, 7) is 6.18. The van der Waals surface area contributed by atoms with Crippen LogP contribution in [0, 0.1) is 6.92 Å². The summed E-state index contributed by atoms with van der Waals surface area (Å²) in [5, 5.41) is 8.03. The van der Waals surface area contributed by atoms with E-state index in [1.54, 1.807) is 4.40 Å². The molecule has 8 heteroatoms. The molecule has 0 saturated carbocycles. The van der Waals surface area contributed by atoms with Crippen LogP contribution in [0.15, 0.2) is 58.5 Å². The summed E-state index contributed by atoms with van der Waals surface area (Å²) >= 11 is 1.37. The number of thioether (sulfide) groups is 1. The highest BCUT2D eigenvalue weighted by atomic mass is 32.2. The Bertz CT molecular complexity index is 1490. The average molecular weight is 474 g/mol. The maximum Gasteiger partial charge on any atom is 0.265 e. The molecule has 1 N–H and O–H groups in total. The number of aryl methyl sites for hydroxylation is 1. The molecule has 174 valence electrons. The minimum Gasteiger partial charge on any atom is -0.324 e. The zero-order valence-electron chi connectivity index (χ0n) is 19.8. The Morgan fingerprint density at radius 3 is 2.74 bits per heavy atom. The maximum absolute atomic E-state index is 13.9. The van der Waals surface area contributed by atoms with Gasteiger partial charge in [0.15, 0.2) is 5.16 Å². The molecular formula is C26H27N5O2S. The summed E-state index contributed by atoms with van der Waals surface area (Å²) in [5.41, 5.74) is 4.94. The van der Waals surface area contributed by atoms with Gasteiger partial charge in [0.1, 0.15) is 6.54 Å². The second-order valence-electron chi connectivity index (χ2n) is 9.09. The second-order valence-corrected chi connectivity index (χ2v) is 9.86. The fourth-order valence-electron chi connectivity index (χ4n) is 4.80. The van der Waals surface area contributed by atoms with Gasteiger partial charge < -0.3 is 5.32 Å². The molecule has 0 radical (unpaired) electrons. The lowest BCUT2D eigenvalue weighted by Crippen LogP contribution is -2.38. The monoisotopic (exact) mass is 473 g/mol. The highest BCUT2D eigenvalue weighted by Gasteiger charge is 2.38. The van der Waals surface area contributed by atoms with Crippen molar-refractivity contribution in [2.75, 3.05) is 11.6 Å². The molecule has 1 aliphatic carbocycles. The van der Waals surface area contributed by atoms with Crippen LogP contribution in [0.2, 0.25) is 0 Å². The Hall–Kier alpha value is -3.39. The number of nitrogens with zero attached hydrogens (tertiary/aromatic N) is 4. The Morgan fingerprint density at radius 1 is 1.21 bits per heavy atom. The third-order valence-electron chi connectivity index (χ3n) is 6.71. The Kier molecular flexibility index (Phi) is 5.56. The van der Waals surface area contributed by atoms with Crippen LogP contribution >= 0.6 is 11.8 Å². The van der Waals surface area contributed by atoms with Crippen molar-refractivity contribution in [1.29, 1.82) is 0 Å². The van der Waals surface area contributed by atoms with E-state index in [2.05, 4.69) is 30.3 Å². The largest absolute Gasteiger partial charge is 0.324 e. The summed E-state index contributed by atoms with van der Waals surface area (Å²) < 4.78 is 3.09. The van der Waals surface area contributed by atoms with Crippen LogP contribution in [-0.4, -0.2) is 31.3 Å². The number of hydrogen-bond donors (Lipinski definition) is 1. The van der Waals surface area contributed by atoms with E-state index >= 15 is 0 Å². The Morgan fingerprint density at radius 2 is 2.00 bits per heavy atom. The highest BCUT2D eigenvalue weighted by Crippen LogP contribution is 2.42. The minimum atomic E-state index is -0.324. The third kappa shape index (κ3) is 3.62. The van der Waals surface area contributed by atoms with Crippen LogP contribution in [0.25, 0.3) is 17.0 Å². The van der Waals surface area contributed by atoms with E-state index in [9.17, 15) is 9.59 Å². The highest BCUT2D eigenvalue weighted by molar-refractivity contribution is 7.98. The van der Waals surface area contributed by atoms with Gasteiger partial charge in [-0.1, -0.05) is 62.0 Å². The number of benzene rings is 2. The number of rotatable bonds is 5. The van der Waals surface area contributed by atoms with Crippen molar-refractivity contribution in [3.05, 3.63) is 75.6 Å². The normalized spacial score (nSPS) is 16.8. The first-order chi connectivity index (χ1) is 16.3. The molecule has 2 aromatic heterocycles. The maximum atomic E-state index is 13.9. The lowest BCUT2D eigenvalue weighted by atomic mass is 9.69. The first kappa shape index (κ1) is 22.4. The van der Waals surface area contributed by atoms with E-state index in [0.717, 1.165) is 35.2 Å². The molecule has 2 heterocycles. The molecule has 1 amide bonds. The van der Waals surface area contributed by atoms with Gasteiger partial charge in [-0.3, -0.25) is 9.59 Å². The van der Waals surface area contributed by atoms with Gasteiger partial charge in [0.25, 0.3) is 5.56 Å². The van der Waals surface area contributed by atoms with Crippen LogP contribution < -0.4 is 10.9 Å². The molecule has 1 unspecified atom stereocenters.